The number of fused-ring (bicyclic) bond motifs is 4. The number of carboxylic acid groups (broad SMARTS) is 1. The summed E-state index contributed by atoms with van der Waals surface area (Å²) in [5.74, 6) is -0.275. The second-order valence-corrected chi connectivity index (χ2v) is 14.9. The van der Waals surface area contributed by atoms with Crippen molar-refractivity contribution in [2.24, 2.45) is 4.99 Å². The van der Waals surface area contributed by atoms with Crippen LogP contribution in [0.5, 0.6) is 11.5 Å². The average Bonchev–Trinajstić information content (AvgIpc) is 2.86. The monoisotopic (exact) mass is 597 g/mol. The smallest absolute Gasteiger partial charge is 0.303 e. The van der Waals surface area contributed by atoms with Crippen molar-refractivity contribution in [3.63, 3.8) is 0 Å². The molecule has 0 spiro atoms. The van der Waals surface area contributed by atoms with Crippen LogP contribution in [0.1, 0.15) is 103 Å². The molecule has 2 atom stereocenters. The first-order valence-electron chi connectivity index (χ1n) is 15.1. The van der Waals surface area contributed by atoms with Gasteiger partial charge in [-0.15, -0.1) is 0 Å². The van der Waals surface area contributed by atoms with E-state index in [-0.39, 0.29) is 12.0 Å². The number of aliphatic carboxylic acids is 1. The van der Waals surface area contributed by atoms with Gasteiger partial charge in [0.15, 0.2) is 17.0 Å². The standard InChI is InChI=1S/C32H43N3O6S/c1-7-8-11-34-26-15-28-24(13-22(26)20(2)17-31(34,3)4)33-25-14-23-21(19-42(38,39)40)18-32(5,6)35(12-9-10-30(36)37)27(23)16-29(25)41-28/h13-16,20-21H,7-12,17-19H2,1-6H3,(H-,36,37,38,39,40). The average molecular weight is 598 g/mol. The topological polar surface area (TPSA) is 122 Å². The van der Waals surface area contributed by atoms with Gasteiger partial charge in [-0.1, -0.05) is 20.3 Å². The van der Waals surface area contributed by atoms with E-state index in [0.717, 1.165) is 42.4 Å². The van der Waals surface area contributed by atoms with Gasteiger partial charge in [0, 0.05) is 53.9 Å². The lowest BCUT2D eigenvalue weighted by Gasteiger charge is -2.48. The van der Waals surface area contributed by atoms with E-state index in [9.17, 15) is 22.9 Å². The van der Waals surface area contributed by atoms with Crippen molar-refractivity contribution in [3.8, 4) is 11.5 Å². The minimum Gasteiger partial charge on any atom is -0.748 e. The van der Waals surface area contributed by atoms with Crippen LogP contribution >= 0.6 is 0 Å². The van der Waals surface area contributed by atoms with E-state index in [0.29, 0.717) is 42.2 Å². The number of rotatable bonds is 9. The highest BCUT2D eigenvalue weighted by molar-refractivity contribution is 7.85. The van der Waals surface area contributed by atoms with E-state index in [2.05, 4.69) is 49.3 Å². The highest BCUT2D eigenvalue weighted by atomic mass is 32.2. The lowest BCUT2D eigenvalue weighted by atomic mass is 9.79. The molecule has 0 aliphatic carbocycles. The molecule has 0 radical (unpaired) electrons. The van der Waals surface area contributed by atoms with Gasteiger partial charge >= 0.3 is 5.97 Å². The number of nitrogens with zero attached hydrogens (tertiary/aromatic N) is 3. The summed E-state index contributed by atoms with van der Waals surface area (Å²) in [6, 6.07) is 8.00. The highest BCUT2D eigenvalue weighted by Gasteiger charge is 2.42. The Bertz CT molecular complexity index is 1650. The first-order valence-corrected chi connectivity index (χ1v) is 16.6. The Balaban J connectivity index is 1.67. The number of unbranched alkanes of at least 4 members (excludes halogenated alkanes) is 1. The van der Waals surface area contributed by atoms with Crippen LogP contribution in [0, 0.1) is 0 Å². The van der Waals surface area contributed by atoms with Gasteiger partial charge in [-0.2, -0.15) is 0 Å². The summed E-state index contributed by atoms with van der Waals surface area (Å²) in [4.78, 5) is 18.7. The van der Waals surface area contributed by atoms with Crippen LogP contribution in [0.15, 0.2) is 29.3 Å². The zero-order valence-electron chi connectivity index (χ0n) is 25.6. The molecule has 2 aromatic rings. The second kappa shape index (κ2) is 10.9. The van der Waals surface area contributed by atoms with Gasteiger partial charge in [0.2, 0.25) is 5.36 Å². The maximum atomic E-state index is 11.9. The molecule has 0 saturated heterocycles. The third-order valence-corrected chi connectivity index (χ3v) is 9.97. The van der Waals surface area contributed by atoms with Gasteiger partial charge < -0.3 is 19.3 Å². The molecule has 0 fully saturated rings. The predicted octanol–water partition coefficient (Wildman–Crippen LogP) is 4.80. The van der Waals surface area contributed by atoms with Crippen LogP contribution in [0.4, 0.5) is 11.4 Å². The maximum Gasteiger partial charge on any atom is 0.303 e. The van der Waals surface area contributed by atoms with Crippen molar-refractivity contribution in [2.45, 2.75) is 103 Å². The van der Waals surface area contributed by atoms with Crippen molar-refractivity contribution >= 4 is 27.5 Å². The first-order chi connectivity index (χ1) is 19.6. The molecular weight excluding hydrogens is 554 g/mol. The SMILES string of the molecule is CCCCN1c2cc3c(cc2C(C)CC1(C)C)N=c1cc2c(cc1O3)=[N+](CCCC(=O)O)C(C)(C)CC2CS(=O)(=O)[O-]. The molecule has 3 aliphatic rings. The molecule has 42 heavy (non-hydrogen) atoms. The summed E-state index contributed by atoms with van der Waals surface area (Å²) >= 11 is 0. The number of carboxylic acids is 1. The van der Waals surface area contributed by atoms with Gasteiger partial charge in [-0.3, -0.25) is 4.79 Å². The van der Waals surface area contributed by atoms with Crippen LogP contribution < -0.4 is 24.9 Å². The molecular formula is C32H43N3O6S. The van der Waals surface area contributed by atoms with Crippen LogP contribution in [0.25, 0.3) is 0 Å². The largest absolute Gasteiger partial charge is 0.748 e. The number of anilines is 1. The molecule has 2 aromatic carbocycles. The predicted molar refractivity (Wildman–Crippen MR) is 162 cm³/mol. The van der Waals surface area contributed by atoms with Crippen LogP contribution in [-0.4, -0.2) is 54.0 Å². The zero-order valence-corrected chi connectivity index (χ0v) is 26.4. The maximum absolute atomic E-state index is 11.9. The Morgan fingerprint density at radius 3 is 2.52 bits per heavy atom. The molecule has 9 nitrogen and oxygen atoms in total. The normalized spacial score (nSPS) is 21.8. The minimum absolute atomic E-state index is 0.0115. The number of carbonyl (C=O) groups is 1. The number of benzene rings is 2. The third kappa shape index (κ3) is 5.93. The number of hydrogen-bond acceptors (Lipinski definition) is 7. The molecule has 10 heteroatoms. The summed E-state index contributed by atoms with van der Waals surface area (Å²) < 4.78 is 44.4. The molecule has 3 aliphatic heterocycles. The lowest BCUT2D eigenvalue weighted by Crippen LogP contribution is -2.54. The molecule has 0 aromatic heterocycles. The zero-order chi connectivity index (χ0) is 30.6. The van der Waals surface area contributed by atoms with Gasteiger partial charge in [0.25, 0.3) is 0 Å². The highest BCUT2D eigenvalue weighted by Crippen LogP contribution is 2.49. The van der Waals surface area contributed by atoms with E-state index in [4.69, 9.17) is 9.73 Å². The van der Waals surface area contributed by atoms with Crippen LogP contribution in [0.2, 0.25) is 0 Å². The number of ether oxygens (including phenoxy) is 1. The van der Waals surface area contributed by atoms with E-state index < -0.39 is 33.3 Å². The summed E-state index contributed by atoms with van der Waals surface area (Å²) in [6.45, 7) is 14.5. The van der Waals surface area contributed by atoms with Crippen molar-refractivity contribution < 1.29 is 27.6 Å². The van der Waals surface area contributed by atoms with E-state index in [1.165, 1.54) is 11.3 Å². The summed E-state index contributed by atoms with van der Waals surface area (Å²) in [7, 11) is -4.48. The third-order valence-electron chi connectivity index (χ3n) is 9.16. The summed E-state index contributed by atoms with van der Waals surface area (Å²) in [5, 5.41) is 10.6. The van der Waals surface area contributed by atoms with Gasteiger partial charge in [-0.25, -0.2) is 18.0 Å². The van der Waals surface area contributed by atoms with Crippen molar-refractivity contribution in [1.29, 1.82) is 0 Å². The van der Waals surface area contributed by atoms with Crippen LogP contribution in [0.3, 0.4) is 0 Å². The molecule has 1 N–H and O–H groups in total. The van der Waals surface area contributed by atoms with E-state index in [1.54, 1.807) is 0 Å². The van der Waals surface area contributed by atoms with Gasteiger partial charge in [0.1, 0.15) is 17.6 Å². The fourth-order valence-corrected chi connectivity index (χ4v) is 8.10. The van der Waals surface area contributed by atoms with Crippen molar-refractivity contribution in [3.05, 3.63) is 46.1 Å². The molecule has 2 unspecified atom stereocenters. The number of hydrogen-bond donors (Lipinski definition) is 1. The summed E-state index contributed by atoms with van der Waals surface area (Å²) in [5.41, 5.74) is 3.42. The Labute approximate surface area is 248 Å². The second-order valence-electron chi connectivity index (χ2n) is 13.5. The van der Waals surface area contributed by atoms with Crippen molar-refractivity contribution in [2.75, 3.05) is 23.7 Å². The molecule has 0 bridgehead atoms. The van der Waals surface area contributed by atoms with Gasteiger partial charge in [-0.05, 0) is 64.2 Å². The lowest BCUT2D eigenvalue weighted by molar-refractivity contribution is -0.137. The quantitative estimate of drug-likeness (QED) is 0.278. The molecule has 228 valence electrons. The minimum atomic E-state index is -4.48. The molecule has 0 amide bonds. The molecule has 5 rings (SSSR count). The fraction of sp³-hybridized carbons (Fsp3) is 0.594. The molecule has 3 heterocycles. The van der Waals surface area contributed by atoms with Gasteiger partial charge in [0.05, 0.1) is 22.6 Å². The van der Waals surface area contributed by atoms with Crippen LogP contribution in [-0.2, 0) is 14.9 Å². The van der Waals surface area contributed by atoms with E-state index in [1.807, 2.05) is 26.0 Å². The fourth-order valence-electron chi connectivity index (χ4n) is 7.31. The first kappa shape index (κ1) is 30.5. The van der Waals surface area contributed by atoms with E-state index >= 15 is 0 Å². The molecule has 0 saturated carbocycles. The van der Waals surface area contributed by atoms with Crippen molar-refractivity contribution in [1.82, 2.24) is 4.58 Å². The Morgan fingerprint density at radius 1 is 1.12 bits per heavy atom. The summed E-state index contributed by atoms with van der Waals surface area (Å²) in [6.07, 6.45) is 4.15. The Kier molecular flexibility index (Phi) is 7.94. The Hall–Kier alpha value is -2.98. The Morgan fingerprint density at radius 2 is 1.86 bits per heavy atom.